The van der Waals surface area contributed by atoms with Crippen LogP contribution in [0.4, 0.5) is 8.78 Å². The lowest BCUT2D eigenvalue weighted by Crippen LogP contribution is -2.73. The molecule has 0 aromatic heterocycles. The highest BCUT2D eigenvalue weighted by Crippen LogP contribution is 2.49. The normalized spacial score (nSPS) is 32.0. The number of hydrogen-bond donors (Lipinski definition) is 7. The first-order valence-corrected chi connectivity index (χ1v) is 17.7. The summed E-state index contributed by atoms with van der Waals surface area (Å²) in [7, 11) is 4.24. The van der Waals surface area contributed by atoms with E-state index in [9.17, 15) is 23.8 Å². The maximum absolute atomic E-state index is 13.1. The number of primary amides is 1. The number of amides is 1. The number of aliphatic hydroxyl groups is 6. The van der Waals surface area contributed by atoms with E-state index in [-0.39, 0.29) is 12.3 Å². The lowest BCUT2D eigenvalue weighted by atomic mass is 9.74. The number of nitrogens with zero attached hydrogens (tertiary/aromatic N) is 4. The summed E-state index contributed by atoms with van der Waals surface area (Å²) in [4.78, 5) is 16.1. The van der Waals surface area contributed by atoms with Gasteiger partial charge in [0.25, 0.3) is 0 Å². The summed E-state index contributed by atoms with van der Waals surface area (Å²) in [6.07, 6.45) is 11.5. The van der Waals surface area contributed by atoms with Gasteiger partial charge in [-0.2, -0.15) is 8.78 Å². The van der Waals surface area contributed by atoms with E-state index in [0.717, 1.165) is 5.92 Å². The molecule has 4 aliphatic rings. The predicted molar refractivity (Wildman–Crippen MR) is 184 cm³/mol. The van der Waals surface area contributed by atoms with Crippen molar-refractivity contribution in [2.45, 2.75) is 166 Å². The van der Waals surface area contributed by atoms with E-state index in [1.54, 1.807) is 5.57 Å². The molecule has 6 atom stereocenters. The van der Waals surface area contributed by atoms with Gasteiger partial charge in [-0.3, -0.25) is 14.6 Å². The van der Waals surface area contributed by atoms with Gasteiger partial charge in [0, 0.05) is 45.1 Å². The van der Waals surface area contributed by atoms with Crippen LogP contribution in [0.5, 0.6) is 0 Å². The first-order valence-electron chi connectivity index (χ1n) is 17.7. The molecule has 0 radical (unpaired) electrons. The van der Waals surface area contributed by atoms with Crippen molar-refractivity contribution in [3.05, 3.63) is 23.8 Å². The molecule has 6 unspecified atom stereocenters. The molecule has 49 heavy (non-hydrogen) atoms. The molecule has 2 aliphatic heterocycles. The number of alkyl halides is 2. The van der Waals surface area contributed by atoms with Gasteiger partial charge >= 0.3 is 5.92 Å². The van der Waals surface area contributed by atoms with Crippen LogP contribution in [-0.2, 0) is 4.79 Å². The van der Waals surface area contributed by atoms with E-state index < -0.39 is 47.4 Å². The lowest BCUT2D eigenvalue weighted by molar-refractivity contribution is -0.432. The van der Waals surface area contributed by atoms with E-state index in [4.69, 9.17) is 20.4 Å². The molecular formula is C35H65F2N5O7. The number of hydrazine groups is 1. The van der Waals surface area contributed by atoms with Gasteiger partial charge in [-0.1, -0.05) is 44.6 Å². The van der Waals surface area contributed by atoms with Crippen molar-refractivity contribution in [2.75, 3.05) is 20.6 Å². The first kappa shape index (κ1) is 43.6. The number of halogens is 2. The number of likely N-dealkylation sites (N-methyl/N-ethyl adjacent to an activating group) is 1. The number of carbonyl (C=O) groups is 1. The molecule has 286 valence electrons. The zero-order valence-corrected chi connectivity index (χ0v) is 31.3. The standard InChI is InChI=1S/C26H48N4O.C7H11F2NO6.C2H6/c1-19-17-24(29(21(19)3)16-12-15-23-13-10-9-11-14-23)18-20(2)30-22(4)27(7)28(8)25(30)26(5,6)31;8-7(9)5(13,14)1-4(12,3(10)11)2-6(7,15)16;1-2/h9-10,13,19-22,24-25,31H,11-12,14-18H2,1-8H3;12-16H,1-2H2,(H2,10,11);1-2H3. The Labute approximate surface area is 291 Å². The Bertz CT molecular complexity index is 1140. The van der Waals surface area contributed by atoms with Gasteiger partial charge in [-0.15, -0.1) is 0 Å². The fourth-order valence-corrected chi connectivity index (χ4v) is 7.96. The molecule has 8 N–H and O–H groups in total. The second kappa shape index (κ2) is 16.4. The molecule has 0 aromatic rings. The summed E-state index contributed by atoms with van der Waals surface area (Å²) < 4.78 is 26.2. The fourth-order valence-electron chi connectivity index (χ4n) is 7.96. The number of allylic oxidation sites excluding steroid dienone is 4. The molecule has 0 bridgehead atoms. The average Bonchev–Trinajstić information content (AvgIpc) is 3.39. The van der Waals surface area contributed by atoms with Crippen molar-refractivity contribution in [3.63, 3.8) is 0 Å². The second-order valence-corrected chi connectivity index (χ2v) is 15.0. The molecule has 3 fully saturated rings. The van der Waals surface area contributed by atoms with Crippen LogP contribution in [0.1, 0.15) is 107 Å². The number of likely N-dealkylation sites (tertiary alicyclic amines) is 1. The highest BCUT2D eigenvalue weighted by Gasteiger charge is 2.73. The third-order valence-corrected chi connectivity index (χ3v) is 10.9. The summed E-state index contributed by atoms with van der Waals surface area (Å²) in [6, 6.07) is 1.70. The molecule has 2 heterocycles. The quantitative estimate of drug-likeness (QED) is 0.176. The molecule has 14 heteroatoms. The first-order chi connectivity index (χ1) is 22.4. The molecular weight excluding hydrogens is 640 g/mol. The van der Waals surface area contributed by atoms with Gasteiger partial charge in [0.05, 0.1) is 11.8 Å². The van der Waals surface area contributed by atoms with Crippen LogP contribution in [0.3, 0.4) is 0 Å². The molecule has 12 nitrogen and oxygen atoms in total. The minimum Gasteiger partial charge on any atom is -0.387 e. The summed E-state index contributed by atoms with van der Waals surface area (Å²) in [5, 5.41) is 60.6. The van der Waals surface area contributed by atoms with Crippen molar-refractivity contribution >= 4 is 5.91 Å². The van der Waals surface area contributed by atoms with E-state index in [0.29, 0.717) is 18.1 Å². The van der Waals surface area contributed by atoms with Gasteiger partial charge in [-0.25, -0.2) is 10.0 Å². The average molecular weight is 706 g/mol. The minimum atomic E-state index is -4.73. The van der Waals surface area contributed by atoms with E-state index in [1.165, 1.54) is 45.1 Å². The van der Waals surface area contributed by atoms with Crippen LogP contribution in [0.15, 0.2) is 23.8 Å². The summed E-state index contributed by atoms with van der Waals surface area (Å²) in [5.41, 5.74) is 2.66. The van der Waals surface area contributed by atoms with Gasteiger partial charge in [0.2, 0.25) is 17.5 Å². The Morgan fingerprint density at radius 1 is 1.04 bits per heavy atom. The maximum atomic E-state index is 13.1. The highest BCUT2D eigenvalue weighted by molar-refractivity contribution is 5.83. The third-order valence-electron chi connectivity index (χ3n) is 10.9. The monoisotopic (exact) mass is 705 g/mol. The Morgan fingerprint density at radius 3 is 2.06 bits per heavy atom. The maximum Gasteiger partial charge on any atom is 0.352 e. The van der Waals surface area contributed by atoms with E-state index >= 15 is 0 Å². The summed E-state index contributed by atoms with van der Waals surface area (Å²) >= 11 is 0. The highest BCUT2D eigenvalue weighted by atomic mass is 19.3. The van der Waals surface area contributed by atoms with Gasteiger partial charge < -0.3 is 36.4 Å². The van der Waals surface area contributed by atoms with Crippen LogP contribution in [0.25, 0.3) is 0 Å². The molecule has 2 aliphatic carbocycles. The Hall–Kier alpha value is -1.59. The molecule has 1 saturated carbocycles. The van der Waals surface area contributed by atoms with Crippen molar-refractivity contribution in [1.82, 2.24) is 19.8 Å². The number of rotatable bonds is 9. The number of carbonyl (C=O) groups excluding carboxylic acids is 1. The molecule has 2 saturated heterocycles. The predicted octanol–water partition coefficient (Wildman–Crippen LogP) is 2.48. The van der Waals surface area contributed by atoms with Crippen LogP contribution in [0.2, 0.25) is 0 Å². The van der Waals surface area contributed by atoms with Crippen molar-refractivity contribution in [1.29, 1.82) is 0 Å². The van der Waals surface area contributed by atoms with Crippen LogP contribution >= 0.6 is 0 Å². The SMILES string of the molecule is CC.CC1CC(CC(C)N2C(C)N(C)N(C)C2C(C)(C)O)N(CCCC2=CC=CCC2)C1C.NC(=O)C1(O)CC(O)(O)C(F)(F)C(O)(O)C1. The summed E-state index contributed by atoms with van der Waals surface area (Å²) in [5.74, 6) is -13.5. The minimum absolute atomic E-state index is 0.00139. The fraction of sp³-hybridized carbons (Fsp3) is 0.857. The van der Waals surface area contributed by atoms with Crippen molar-refractivity contribution in [3.8, 4) is 0 Å². The smallest absolute Gasteiger partial charge is 0.352 e. The van der Waals surface area contributed by atoms with Crippen molar-refractivity contribution in [2.24, 2.45) is 11.7 Å². The van der Waals surface area contributed by atoms with Crippen molar-refractivity contribution < 1.29 is 44.2 Å². The van der Waals surface area contributed by atoms with Gasteiger partial charge in [0.1, 0.15) is 6.17 Å². The van der Waals surface area contributed by atoms with Crippen LogP contribution < -0.4 is 5.73 Å². The van der Waals surface area contributed by atoms with Gasteiger partial charge in [0.15, 0.2) is 5.60 Å². The van der Waals surface area contributed by atoms with Crippen LogP contribution in [-0.4, -0.2) is 136 Å². The molecule has 1 amide bonds. The third kappa shape index (κ3) is 9.45. The Kier molecular flexibility index (Phi) is 14.6. The molecule has 4 rings (SSSR count). The van der Waals surface area contributed by atoms with E-state index in [1.807, 2.05) is 27.7 Å². The topological polar surface area (TPSA) is 177 Å². The number of nitrogens with two attached hydrogens (primary N) is 1. The zero-order valence-electron chi connectivity index (χ0n) is 31.3. The van der Waals surface area contributed by atoms with Crippen LogP contribution in [0, 0.1) is 5.92 Å². The summed E-state index contributed by atoms with van der Waals surface area (Å²) in [6.45, 7) is 18.6. The number of hydrogen-bond acceptors (Lipinski definition) is 11. The molecule has 0 spiro atoms. The largest absolute Gasteiger partial charge is 0.387 e. The molecule has 0 aromatic carbocycles. The van der Waals surface area contributed by atoms with Gasteiger partial charge in [-0.05, 0) is 85.6 Å². The van der Waals surface area contributed by atoms with E-state index in [2.05, 4.69) is 85.6 Å². The second-order valence-electron chi connectivity index (χ2n) is 15.0. The Morgan fingerprint density at radius 2 is 1.59 bits per heavy atom. The Balaban J connectivity index is 0.000000390. The zero-order chi connectivity index (χ0) is 37.9. The lowest BCUT2D eigenvalue weighted by Gasteiger charge is -2.48.